The lowest BCUT2D eigenvalue weighted by Crippen LogP contribution is -2.14. The van der Waals surface area contributed by atoms with Gasteiger partial charge in [0, 0.05) is 46.1 Å². The van der Waals surface area contributed by atoms with Crippen LogP contribution in [0.1, 0.15) is 144 Å². The first kappa shape index (κ1) is 59.5. The van der Waals surface area contributed by atoms with Crippen LogP contribution in [0.25, 0.3) is 0 Å². The van der Waals surface area contributed by atoms with E-state index in [1.165, 1.54) is 55.5 Å². The van der Waals surface area contributed by atoms with Crippen molar-refractivity contribution in [2.45, 2.75) is 77.2 Å². The fourth-order valence-corrected chi connectivity index (χ4v) is 4.70. The van der Waals surface area contributed by atoms with Gasteiger partial charge >= 0.3 is 17.9 Å². The van der Waals surface area contributed by atoms with E-state index < -0.39 is 17.9 Å². The molecule has 0 spiro atoms. The Hall–Kier alpha value is -6.21. The molecule has 2 amide bonds. The zero-order valence-corrected chi connectivity index (χ0v) is 29.4. The van der Waals surface area contributed by atoms with Crippen LogP contribution < -0.4 is 10.6 Å². The first-order valence-electron chi connectivity index (χ1n) is 16.7. The van der Waals surface area contributed by atoms with Gasteiger partial charge in [0.05, 0.1) is 36.5 Å². The number of hydrogen-bond donors (Lipinski definition) is 2. The smallest absolute Gasteiger partial charge is 0.338 e. The number of amides is 2. The minimum atomic E-state index is -0.551. The molecule has 0 heterocycles. The molecule has 4 aromatic rings. The van der Waals surface area contributed by atoms with Crippen molar-refractivity contribution in [1.29, 1.82) is 0 Å². The summed E-state index contributed by atoms with van der Waals surface area (Å²) in [6.45, 7) is 2.59. The Morgan fingerprint density at radius 2 is 0.678 bits per heavy atom. The van der Waals surface area contributed by atoms with Crippen LogP contribution in [-0.4, -0.2) is 69.0 Å². The average molecular weight is 837 g/mol. The van der Waals surface area contributed by atoms with Gasteiger partial charge in [0.25, 0.3) is 11.8 Å². The fraction of sp³-hybridized carbons (Fsp3) is 0.348. The average Bonchev–Trinajstić information content (AvgIpc) is 3.16. The third-order valence-electron chi connectivity index (χ3n) is 7.67. The van der Waals surface area contributed by atoms with Crippen LogP contribution in [-0.2, 0) is 18.9 Å². The zero-order chi connectivity index (χ0) is 37.3. The van der Waals surface area contributed by atoms with Crippen LogP contribution >= 0.6 is 0 Å². The minimum Gasteiger partial charge on any atom is -0.462 e. The quantitative estimate of drug-likeness (QED) is 0.0427. The highest BCUT2D eigenvalue weighted by atomic mass is 19.0. The molecule has 0 unspecified atom stereocenters. The lowest BCUT2D eigenvalue weighted by atomic mass is 10.1. The molecule has 0 aliphatic rings. The fourth-order valence-electron chi connectivity index (χ4n) is 4.70. The Balaban J connectivity index is -0.000000605. The second-order valence-corrected chi connectivity index (χ2v) is 11.6. The first-order valence-corrected chi connectivity index (χ1v) is 16.7. The van der Waals surface area contributed by atoms with E-state index in [4.69, 9.17) is 18.9 Å². The molecule has 0 aliphatic heterocycles. The molecule has 4 aromatic carbocycles. The van der Waals surface area contributed by atoms with Gasteiger partial charge in [-0.15, -0.1) is 0 Å². The summed E-state index contributed by atoms with van der Waals surface area (Å²) in [4.78, 5) is 73.6. The lowest BCUT2D eigenvalue weighted by Gasteiger charge is -2.09. The number of Topliss-reactive ketones (excluding diaryl/α,β-unsaturated/α-hetero) is 1. The number of carbonyl (C=O) groups is 6. The predicted octanol–water partition coefficient (Wildman–Crippen LogP) is 11.5. The van der Waals surface area contributed by atoms with Crippen LogP contribution in [0.2, 0.25) is 0 Å². The third kappa shape index (κ3) is 19.2. The third-order valence-corrected chi connectivity index (χ3v) is 7.67. The molecule has 13 heteroatoms. The Kier molecular flexibility index (Phi) is 31.1. The number of carbonyl (C=O) groups excluding carboxylic acids is 6. The maximum atomic E-state index is 12.8. The SMILES string of the molecule is C.C.C.C.C.C.COCCCCOC(=O)c1ccc(C(=O)OCCCCOC(=O)c2ccc(C(=O)Nc3ccc(NC(=O)c4ccc(C(C)=O)cc4)cc3)cc2)cc1.F.[3HH].[3HH].[3HH]. The van der Waals surface area contributed by atoms with Gasteiger partial charge in [-0.25, -0.2) is 14.4 Å². The molecule has 12 nitrogen and oxygen atoms in total. The number of methoxy groups -OCH3 is 1. The van der Waals surface area contributed by atoms with E-state index in [2.05, 4.69) is 10.6 Å². The molecular weight excluding hydrogens is 760 g/mol. The standard InChI is InChI=1S/C40H40N2O10.6CH4.FH.3H2/c1-27(43)28-7-9-29(10-8-28)36(44)41-34-19-21-35(22-20-34)42-37(45)30-11-13-31(14-12-30)38(46)51-25-5-6-26-52-40(48)33-17-15-32(16-18-33)39(47)50-24-4-3-23-49-2;;;;;;;;;;/h7-22H,3-6,23-26H2,1-2H3,(H,41,44)(H,42,45);6*1H4;4*1H/i;;;;;;;;3*1+2. The molecule has 0 aromatic heterocycles. The van der Waals surface area contributed by atoms with Crippen LogP contribution in [0.3, 0.4) is 0 Å². The second kappa shape index (κ2) is 30.9. The van der Waals surface area contributed by atoms with Crippen LogP contribution in [0.5, 0.6) is 0 Å². The monoisotopic (exact) mass is 837 g/mol. The van der Waals surface area contributed by atoms with Gasteiger partial charge < -0.3 is 29.6 Å². The molecular formula is C46H71FN2O10. The van der Waals surface area contributed by atoms with Crippen molar-refractivity contribution in [2.75, 3.05) is 44.2 Å². The Bertz CT molecular complexity index is 1860. The van der Waals surface area contributed by atoms with E-state index in [1.54, 1.807) is 55.6 Å². The summed E-state index contributed by atoms with van der Waals surface area (Å²) in [5.74, 6) is -2.36. The molecule has 0 aliphatic carbocycles. The maximum absolute atomic E-state index is 12.8. The summed E-state index contributed by atoms with van der Waals surface area (Å²) in [6, 6.07) is 25.0. The molecule has 0 saturated heterocycles. The summed E-state index contributed by atoms with van der Waals surface area (Å²) in [7, 11) is 1.61. The van der Waals surface area contributed by atoms with Gasteiger partial charge in [-0.2, -0.15) is 0 Å². The summed E-state index contributed by atoms with van der Waals surface area (Å²) in [6.07, 6.45) is 2.42. The predicted molar refractivity (Wildman–Crippen MR) is 242 cm³/mol. The summed E-state index contributed by atoms with van der Waals surface area (Å²) < 4.78 is 20.7. The molecule has 0 bridgehead atoms. The Labute approximate surface area is 354 Å². The van der Waals surface area contributed by atoms with Crippen molar-refractivity contribution in [1.82, 2.24) is 0 Å². The van der Waals surface area contributed by atoms with Crippen LogP contribution in [0.4, 0.5) is 16.1 Å². The molecule has 0 radical (unpaired) electrons. The normalized spacial score (nSPS) is 9.25. The van der Waals surface area contributed by atoms with Gasteiger partial charge in [0.1, 0.15) is 0 Å². The number of rotatable bonds is 18. The molecule has 0 fully saturated rings. The minimum absolute atomic E-state index is 0. The highest BCUT2D eigenvalue weighted by Crippen LogP contribution is 2.17. The number of ether oxygens (including phenoxy) is 4. The van der Waals surface area contributed by atoms with Gasteiger partial charge in [0.2, 0.25) is 0 Å². The molecule has 0 atom stereocenters. The molecule has 2 N–H and O–H groups in total. The van der Waals surface area contributed by atoms with Crippen molar-refractivity contribution in [3.05, 3.63) is 130 Å². The summed E-state index contributed by atoms with van der Waals surface area (Å²) in [5.41, 5.74) is 3.19. The van der Waals surface area contributed by atoms with E-state index >= 15 is 0 Å². The molecule has 332 valence electrons. The van der Waals surface area contributed by atoms with Crippen molar-refractivity contribution in [3.8, 4) is 0 Å². The van der Waals surface area contributed by atoms with E-state index in [0.717, 1.165) is 6.42 Å². The molecule has 0 saturated carbocycles. The Morgan fingerprint density at radius 3 is 0.949 bits per heavy atom. The van der Waals surface area contributed by atoms with Crippen molar-refractivity contribution in [2.24, 2.45) is 0 Å². The van der Waals surface area contributed by atoms with Gasteiger partial charge in [-0.3, -0.25) is 19.1 Å². The number of anilines is 2. The van der Waals surface area contributed by atoms with E-state index in [-0.39, 0.29) is 89.9 Å². The highest BCUT2D eigenvalue weighted by molar-refractivity contribution is 6.06. The van der Waals surface area contributed by atoms with E-state index in [9.17, 15) is 28.8 Å². The number of unbranched alkanes of at least 4 members (excludes halogenated alkanes) is 2. The molecule has 4 rings (SSSR count). The van der Waals surface area contributed by atoms with Gasteiger partial charge in [-0.1, -0.05) is 56.7 Å². The lowest BCUT2D eigenvalue weighted by molar-refractivity contribution is 0.0432. The van der Waals surface area contributed by atoms with Crippen molar-refractivity contribution >= 4 is 46.9 Å². The molecule has 59 heavy (non-hydrogen) atoms. The number of hydrogen-bond acceptors (Lipinski definition) is 10. The largest absolute Gasteiger partial charge is 0.462 e. The van der Waals surface area contributed by atoms with Crippen molar-refractivity contribution < 1.29 is 56.7 Å². The topological polar surface area (TPSA) is 163 Å². The van der Waals surface area contributed by atoms with Crippen LogP contribution in [0.15, 0.2) is 97.1 Å². The second-order valence-electron chi connectivity index (χ2n) is 11.6. The van der Waals surface area contributed by atoms with Crippen LogP contribution in [0, 0.1) is 0 Å². The van der Waals surface area contributed by atoms with Gasteiger partial charge in [-0.05, 0) is 118 Å². The van der Waals surface area contributed by atoms with Crippen molar-refractivity contribution in [3.63, 3.8) is 0 Å². The first-order chi connectivity index (χ1) is 25.1. The number of halogens is 1. The Morgan fingerprint density at radius 1 is 0.424 bits per heavy atom. The van der Waals surface area contributed by atoms with Gasteiger partial charge in [0.15, 0.2) is 5.78 Å². The van der Waals surface area contributed by atoms with E-state index in [1.807, 2.05) is 0 Å². The highest BCUT2D eigenvalue weighted by Gasteiger charge is 2.13. The number of esters is 3. The summed E-state index contributed by atoms with van der Waals surface area (Å²) >= 11 is 0. The number of ketones is 1. The van der Waals surface area contributed by atoms with E-state index in [0.29, 0.717) is 71.7 Å². The maximum Gasteiger partial charge on any atom is 0.338 e. The number of benzene rings is 4. The summed E-state index contributed by atoms with van der Waals surface area (Å²) in [5, 5.41) is 5.54. The number of nitrogens with one attached hydrogen (secondary N) is 2. The zero-order valence-electron chi connectivity index (χ0n) is 29.4.